The fraction of sp³-hybridized carbons (Fsp3) is 0.256. The predicted octanol–water partition coefficient (Wildman–Crippen LogP) is 6.40. The number of aryl methyl sites for hydroxylation is 1. The highest BCUT2D eigenvalue weighted by atomic mass is 16.7. The molecule has 2 N–H and O–H groups in total. The van der Waals surface area contributed by atoms with E-state index in [4.69, 9.17) is 9.47 Å². The van der Waals surface area contributed by atoms with Crippen LogP contribution in [0.2, 0.25) is 0 Å². The molecule has 6 aromatic rings. The van der Waals surface area contributed by atoms with Crippen LogP contribution in [0.5, 0.6) is 17.2 Å². The first kappa shape index (κ1) is 33.8. The summed E-state index contributed by atoms with van der Waals surface area (Å²) in [6, 6.07) is 28.3. The van der Waals surface area contributed by atoms with Gasteiger partial charge in [-0.2, -0.15) is 0 Å². The van der Waals surface area contributed by atoms with Crippen LogP contribution in [0.15, 0.2) is 103 Å². The van der Waals surface area contributed by atoms with E-state index in [1.807, 2.05) is 65.2 Å². The molecule has 3 aliphatic rings. The van der Waals surface area contributed by atoms with E-state index in [1.165, 1.54) is 5.56 Å². The van der Waals surface area contributed by atoms with Crippen LogP contribution in [0.3, 0.4) is 0 Å². The SMILES string of the molecule is CN1CCN(C[C@@H]2Cc3ccccc3CN2C(=O)c2cc3c(cc2-c2cc(C(=O)N(c4ccc(O)cc4)c4ccc5[nH]ccc5c4)cn2C)OCO3)CC1. The van der Waals surface area contributed by atoms with Crippen LogP contribution in [0.4, 0.5) is 11.4 Å². The summed E-state index contributed by atoms with van der Waals surface area (Å²) in [5.41, 5.74) is 6.97. The lowest BCUT2D eigenvalue weighted by atomic mass is 9.92. The number of nitrogens with zero attached hydrogens (tertiary/aromatic N) is 5. The number of carbonyl (C=O) groups excluding carboxylic acids is 2. The molecular formula is C43H42N6O5. The number of benzene rings is 4. The number of fused-ring (bicyclic) bond motifs is 3. The van der Waals surface area contributed by atoms with Crippen molar-refractivity contribution in [3.8, 4) is 28.5 Å². The van der Waals surface area contributed by atoms with Crippen LogP contribution in [-0.2, 0) is 20.0 Å². The Hall–Kier alpha value is -6.04. The fourth-order valence-electron chi connectivity index (χ4n) is 8.05. The number of rotatable bonds is 7. The van der Waals surface area contributed by atoms with Crippen LogP contribution < -0.4 is 14.4 Å². The molecule has 3 aliphatic heterocycles. The zero-order valence-corrected chi connectivity index (χ0v) is 30.4. The molecule has 11 nitrogen and oxygen atoms in total. The molecule has 2 amide bonds. The van der Waals surface area contributed by atoms with E-state index in [9.17, 15) is 9.90 Å². The average Bonchev–Trinajstić information content (AvgIpc) is 3.95. The van der Waals surface area contributed by atoms with E-state index in [1.54, 1.807) is 41.4 Å². The van der Waals surface area contributed by atoms with Crippen molar-refractivity contribution in [3.05, 3.63) is 126 Å². The van der Waals surface area contributed by atoms with Gasteiger partial charge in [0, 0.05) is 98.3 Å². The van der Waals surface area contributed by atoms with Gasteiger partial charge < -0.3 is 33.9 Å². The number of carbonyl (C=O) groups is 2. The summed E-state index contributed by atoms with van der Waals surface area (Å²) in [4.78, 5) is 41.4. The van der Waals surface area contributed by atoms with Crippen LogP contribution in [0.25, 0.3) is 22.2 Å². The van der Waals surface area contributed by atoms with E-state index in [0.29, 0.717) is 51.8 Å². The monoisotopic (exact) mass is 722 g/mol. The number of nitrogens with one attached hydrogen (secondary N) is 1. The molecule has 1 saturated heterocycles. The van der Waals surface area contributed by atoms with Crippen LogP contribution in [-0.4, -0.2) is 93.8 Å². The van der Waals surface area contributed by atoms with Crippen molar-refractivity contribution < 1.29 is 24.2 Å². The number of likely N-dealkylation sites (N-methyl/N-ethyl adjacent to an activating group) is 1. The zero-order valence-electron chi connectivity index (χ0n) is 30.4. The Morgan fingerprint density at radius 1 is 0.852 bits per heavy atom. The quantitative estimate of drug-likeness (QED) is 0.197. The summed E-state index contributed by atoms with van der Waals surface area (Å²) in [7, 11) is 4.04. The minimum Gasteiger partial charge on any atom is -0.508 e. The lowest BCUT2D eigenvalue weighted by Gasteiger charge is -2.41. The highest BCUT2D eigenvalue weighted by Crippen LogP contribution is 2.41. The fourth-order valence-corrected chi connectivity index (χ4v) is 8.05. The van der Waals surface area contributed by atoms with Crippen LogP contribution in [0.1, 0.15) is 31.8 Å². The maximum Gasteiger partial charge on any atom is 0.264 e. The second-order valence-corrected chi connectivity index (χ2v) is 14.5. The van der Waals surface area contributed by atoms with Crippen molar-refractivity contribution in [3.63, 3.8) is 0 Å². The van der Waals surface area contributed by atoms with Gasteiger partial charge in [0.2, 0.25) is 6.79 Å². The molecular weight excluding hydrogens is 681 g/mol. The Labute approximate surface area is 313 Å². The third-order valence-corrected chi connectivity index (χ3v) is 11.1. The van der Waals surface area contributed by atoms with Gasteiger partial charge in [0.15, 0.2) is 11.5 Å². The number of ether oxygens (including phenoxy) is 2. The number of amides is 2. The number of piperazine rings is 1. The van der Waals surface area contributed by atoms with E-state index in [0.717, 1.165) is 55.6 Å². The van der Waals surface area contributed by atoms with Gasteiger partial charge in [0.05, 0.1) is 11.1 Å². The Morgan fingerprint density at radius 2 is 1.59 bits per heavy atom. The highest BCUT2D eigenvalue weighted by Gasteiger charge is 2.35. The molecule has 0 unspecified atom stereocenters. The highest BCUT2D eigenvalue weighted by molar-refractivity contribution is 6.12. The number of aromatic amines is 1. The molecule has 2 aromatic heterocycles. The van der Waals surface area contributed by atoms with E-state index in [2.05, 4.69) is 40.0 Å². The molecule has 0 spiro atoms. The number of hydrogen-bond acceptors (Lipinski definition) is 7. The molecule has 1 atom stereocenters. The molecule has 0 aliphatic carbocycles. The topological polar surface area (TPSA) is 107 Å². The molecule has 54 heavy (non-hydrogen) atoms. The molecule has 9 rings (SSSR count). The number of anilines is 2. The van der Waals surface area contributed by atoms with Crippen molar-refractivity contribution >= 4 is 34.1 Å². The third kappa shape index (κ3) is 6.25. The maximum atomic E-state index is 15.0. The van der Waals surface area contributed by atoms with Gasteiger partial charge in [-0.25, -0.2) is 0 Å². The molecule has 0 bridgehead atoms. The van der Waals surface area contributed by atoms with Gasteiger partial charge in [-0.1, -0.05) is 24.3 Å². The molecule has 274 valence electrons. The summed E-state index contributed by atoms with van der Waals surface area (Å²) >= 11 is 0. The van der Waals surface area contributed by atoms with Gasteiger partial charge >= 0.3 is 0 Å². The Bertz CT molecular complexity index is 2370. The minimum atomic E-state index is -0.258. The lowest BCUT2D eigenvalue weighted by molar-refractivity contribution is 0.0536. The minimum absolute atomic E-state index is 0.0177. The molecule has 0 saturated carbocycles. The van der Waals surface area contributed by atoms with Gasteiger partial charge in [0.1, 0.15) is 5.75 Å². The van der Waals surface area contributed by atoms with Gasteiger partial charge in [-0.15, -0.1) is 0 Å². The van der Waals surface area contributed by atoms with Crippen LogP contribution in [0, 0.1) is 0 Å². The standard InChI is InChI=1S/C43H42N6O5/c1-45-15-17-47(18-16-45)26-34-19-28-5-3-4-6-30(28)25-48(34)43(52)37-23-41-40(53-27-54-41)22-36(37)39-21-31(24-46(39)2)42(51)49(32-7-10-35(50)11-8-32)33-9-12-38-29(20-33)13-14-44-38/h3-14,20-24,34,44,50H,15-19,25-27H2,1-2H3/t34-/m0/s1. The molecule has 1 fully saturated rings. The van der Waals surface area contributed by atoms with Crippen molar-refractivity contribution in [2.75, 3.05) is 51.5 Å². The number of phenolic OH excluding ortho intramolecular Hbond substituents is 1. The second-order valence-electron chi connectivity index (χ2n) is 14.5. The average molecular weight is 723 g/mol. The summed E-state index contributed by atoms with van der Waals surface area (Å²) < 4.78 is 13.6. The predicted molar refractivity (Wildman–Crippen MR) is 208 cm³/mol. The molecule has 5 heterocycles. The van der Waals surface area contributed by atoms with Crippen molar-refractivity contribution in [1.82, 2.24) is 24.3 Å². The Morgan fingerprint density at radius 3 is 2.39 bits per heavy atom. The number of aromatic nitrogens is 2. The summed E-state index contributed by atoms with van der Waals surface area (Å²) in [5, 5.41) is 11.0. The Balaban J connectivity index is 1.10. The number of phenols is 1. The third-order valence-electron chi connectivity index (χ3n) is 11.1. The summed E-state index contributed by atoms with van der Waals surface area (Å²) in [5.74, 6) is 0.845. The summed E-state index contributed by atoms with van der Waals surface area (Å²) in [6.45, 7) is 5.30. The van der Waals surface area contributed by atoms with Crippen molar-refractivity contribution in [2.45, 2.75) is 19.0 Å². The van der Waals surface area contributed by atoms with E-state index >= 15 is 4.79 Å². The van der Waals surface area contributed by atoms with E-state index in [-0.39, 0.29) is 30.4 Å². The first-order valence-electron chi connectivity index (χ1n) is 18.4. The van der Waals surface area contributed by atoms with Gasteiger partial charge in [-0.3, -0.25) is 19.4 Å². The van der Waals surface area contributed by atoms with Gasteiger partial charge in [-0.05, 0) is 91.3 Å². The summed E-state index contributed by atoms with van der Waals surface area (Å²) in [6.07, 6.45) is 4.44. The lowest BCUT2D eigenvalue weighted by Crippen LogP contribution is -2.53. The number of H-pyrrole nitrogens is 1. The van der Waals surface area contributed by atoms with Crippen LogP contribution >= 0.6 is 0 Å². The first-order chi connectivity index (χ1) is 26.3. The maximum absolute atomic E-state index is 15.0. The molecule has 4 aromatic carbocycles. The normalized spacial score (nSPS) is 17.1. The number of hydrogen-bond donors (Lipinski definition) is 2. The van der Waals surface area contributed by atoms with Gasteiger partial charge in [0.25, 0.3) is 11.8 Å². The largest absolute Gasteiger partial charge is 0.508 e. The smallest absolute Gasteiger partial charge is 0.264 e. The molecule has 0 radical (unpaired) electrons. The zero-order chi connectivity index (χ0) is 36.9. The van der Waals surface area contributed by atoms with Crippen molar-refractivity contribution in [1.29, 1.82) is 0 Å². The van der Waals surface area contributed by atoms with E-state index < -0.39 is 0 Å². The first-order valence-corrected chi connectivity index (χ1v) is 18.4. The number of aromatic hydroxyl groups is 1. The molecule has 11 heteroatoms. The second kappa shape index (κ2) is 13.7. The van der Waals surface area contributed by atoms with Crippen molar-refractivity contribution in [2.24, 2.45) is 7.05 Å². The Kier molecular flexibility index (Phi) is 8.59.